The third kappa shape index (κ3) is 6.44. The SMILES string of the molecule is COC(=O)[C@@H](Cc1ccc(Cl)cn1)NC(=O)OC(C)(C)C. The molecular weight excluding hydrogens is 296 g/mol. The van der Waals surface area contributed by atoms with Crippen molar-refractivity contribution in [3.8, 4) is 0 Å². The maximum Gasteiger partial charge on any atom is 0.408 e. The smallest absolute Gasteiger partial charge is 0.408 e. The fourth-order valence-electron chi connectivity index (χ4n) is 1.52. The van der Waals surface area contributed by atoms with E-state index in [0.717, 1.165) is 0 Å². The van der Waals surface area contributed by atoms with Crippen LogP contribution in [0.5, 0.6) is 0 Å². The molecule has 7 heteroatoms. The van der Waals surface area contributed by atoms with Crippen LogP contribution in [-0.2, 0) is 20.7 Å². The van der Waals surface area contributed by atoms with Gasteiger partial charge in [0.25, 0.3) is 0 Å². The zero-order chi connectivity index (χ0) is 16.0. The van der Waals surface area contributed by atoms with Crippen molar-refractivity contribution in [1.82, 2.24) is 10.3 Å². The Hall–Kier alpha value is -1.82. The number of halogens is 1. The van der Waals surface area contributed by atoms with Crippen molar-refractivity contribution >= 4 is 23.7 Å². The van der Waals surface area contributed by atoms with Gasteiger partial charge in [-0.15, -0.1) is 0 Å². The molecule has 1 amide bonds. The van der Waals surface area contributed by atoms with Crippen molar-refractivity contribution in [2.75, 3.05) is 7.11 Å². The van der Waals surface area contributed by atoms with Gasteiger partial charge in [0, 0.05) is 18.3 Å². The lowest BCUT2D eigenvalue weighted by Crippen LogP contribution is -2.45. The van der Waals surface area contributed by atoms with E-state index in [4.69, 9.17) is 16.3 Å². The zero-order valence-corrected chi connectivity index (χ0v) is 13.2. The van der Waals surface area contributed by atoms with Gasteiger partial charge in [-0.3, -0.25) is 4.98 Å². The second-order valence-corrected chi connectivity index (χ2v) is 5.83. The van der Waals surface area contributed by atoms with Crippen molar-refractivity contribution in [3.05, 3.63) is 29.0 Å². The molecule has 0 spiro atoms. The van der Waals surface area contributed by atoms with E-state index in [-0.39, 0.29) is 6.42 Å². The molecule has 0 saturated carbocycles. The van der Waals surface area contributed by atoms with Crippen LogP contribution in [0.1, 0.15) is 26.5 Å². The molecule has 0 saturated heterocycles. The third-order valence-electron chi connectivity index (χ3n) is 2.38. The molecule has 0 fully saturated rings. The number of carbonyl (C=O) groups is 2. The van der Waals surface area contributed by atoms with Crippen molar-refractivity contribution in [3.63, 3.8) is 0 Å². The van der Waals surface area contributed by atoms with Gasteiger partial charge in [0.05, 0.1) is 12.1 Å². The first kappa shape index (κ1) is 17.2. The van der Waals surface area contributed by atoms with Crippen LogP contribution in [0.15, 0.2) is 18.3 Å². The average Bonchev–Trinajstić information content (AvgIpc) is 2.37. The van der Waals surface area contributed by atoms with Crippen LogP contribution < -0.4 is 5.32 Å². The summed E-state index contributed by atoms with van der Waals surface area (Å²) in [5.74, 6) is -0.572. The molecule has 0 bridgehead atoms. The first-order valence-corrected chi connectivity index (χ1v) is 6.77. The van der Waals surface area contributed by atoms with Gasteiger partial charge in [0.2, 0.25) is 0 Å². The molecule has 0 unspecified atom stereocenters. The van der Waals surface area contributed by atoms with E-state index in [1.165, 1.54) is 13.3 Å². The van der Waals surface area contributed by atoms with Crippen LogP contribution in [0, 0.1) is 0 Å². The molecule has 1 N–H and O–H groups in total. The van der Waals surface area contributed by atoms with Crippen molar-refractivity contribution in [1.29, 1.82) is 0 Å². The number of hydrogen-bond acceptors (Lipinski definition) is 5. The second-order valence-electron chi connectivity index (χ2n) is 5.39. The Kier molecular flexibility index (Phi) is 5.96. The monoisotopic (exact) mass is 314 g/mol. The van der Waals surface area contributed by atoms with E-state index in [9.17, 15) is 9.59 Å². The van der Waals surface area contributed by atoms with Gasteiger partial charge in [-0.2, -0.15) is 0 Å². The Balaban J connectivity index is 2.74. The van der Waals surface area contributed by atoms with E-state index in [1.54, 1.807) is 32.9 Å². The maximum atomic E-state index is 11.8. The van der Waals surface area contributed by atoms with Crippen molar-refractivity contribution in [2.45, 2.75) is 38.8 Å². The molecule has 1 atom stereocenters. The summed E-state index contributed by atoms with van der Waals surface area (Å²) in [6, 6.07) is 2.46. The predicted octanol–water partition coefficient (Wildman–Crippen LogP) is 2.34. The highest BCUT2D eigenvalue weighted by Crippen LogP contribution is 2.10. The number of methoxy groups -OCH3 is 1. The number of carbonyl (C=O) groups excluding carboxylic acids is 2. The van der Waals surface area contributed by atoms with Gasteiger partial charge in [-0.25, -0.2) is 9.59 Å². The number of hydrogen-bond donors (Lipinski definition) is 1. The standard InChI is InChI=1S/C14H19ClN2O4/c1-14(2,3)21-13(19)17-11(12(18)20-4)7-10-6-5-9(15)8-16-10/h5-6,8,11H,7H2,1-4H3,(H,17,19)/t11-/m1/s1. The van der Waals surface area contributed by atoms with Crippen LogP contribution in [0.4, 0.5) is 4.79 Å². The molecule has 1 aromatic rings. The highest BCUT2D eigenvalue weighted by molar-refractivity contribution is 6.30. The van der Waals surface area contributed by atoms with Crippen molar-refractivity contribution < 1.29 is 19.1 Å². The van der Waals surface area contributed by atoms with E-state index >= 15 is 0 Å². The molecule has 21 heavy (non-hydrogen) atoms. The first-order chi connectivity index (χ1) is 9.71. The molecule has 1 heterocycles. The van der Waals surface area contributed by atoms with Gasteiger partial charge >= 0.3 is 12.1 Å². The number of esters is 1. The summed E-state index contributed by atoms with van der Waals surface area (Å²) >= 11 is 5.75. The molecule has 0 aromatic carbocycles. The number of nitrogens with zero attached hydrogens (tertiary/aromatic N) is 1. The molecule has 1 rings (SSSR count). The Morgan fingerprint density at radius 2 is 2.05 bits per heavy atom. The van der Waals surface area contributed by atoms with Crippen LogP contribution in [0.25, 0.3) is 0 Å². The quantitative estimate of drug-likeness (QED) is 0.863. The molecule has 1 aromatic heterocycles. The summed E-state index contributed by atoms with van der Waals surface area (Å²) in [5, 5.41) is 2.97. The highest BCUT2D eigenvalue weighted by Gasteiger charge is 2.25. The van der Waals surface area contributed by atoms with E-state index in [0.29, 0.717) is 10.7 Å². The predicted molar refractivity (Wildman–Crippen MR) is 78.1 cm³/mol. The van der Waals surface area contributed by atoms with Gasteiger partial charge in [0.15, 0.2) is 0 Å². The Bertz CT molecular complexity index is 497. The highest BCUT2D eigenvalue weighted by atomic mass is 35.5. The topological polar surface area (TPSA) is 77.5 Å². The minimum Gasteiger partial charge on any atom is -0.467 e. The molecule has 116 valence electrons. The summed E-state index contributed by atoms with van der Waals surface area (Å²) in [6.45, 7) is 5.21. The zero-order valence-electron chi connectivity index (χ0n) is 12.5. The van der Waals surface area contributed by atoms with E-state index in [1.807, 2.05) is 0 Å². The number of ether oxygens (including phenoxy) is 2. The minimum atomic E-state index is -0.876. The summed E-state index contributed by atoms with van der Waals surface area (Å²) < 4.78 is 9.80. The lowest BCUT2D eigenvalue weighted by molar-refractivity contribution is -0.143. The summed E-state index contributed by atoms with van der Waals surface area (Å²) in [5.41, 5.74) is -0.0469. The molecule has 0 aliphatic rings. The Labute approximate surface area is 128 Å². The molecule has 6 nitrogen and oxygen atoms in total. The van der Waals surface area contributed by atoms with Gasteiger partial charge in [-0.1, -0.05) is 11.6 Å². The minimum absolute atomic E-state index is 0.184. The normalized spacial score (nSPS) is 12.4. The number of rotatable bonds is 4. The molecular formula is C14H19ClN2O4. The van der Waals surface area contributed by atoms with Gasteiger partial charge in [0.1, 0.15) is 11.6 Å². The summed E-state index contributed by atoms with van der Waals surface area (Å²) in [7, 11) is 1.25. The lowest BCUT2D eigenvalue weighted by atomic mass is 10.1. The lowest BCUT2D eigenvalue weighted by Gasteiger charge is -2.22. The average molecular weight is 315 g/mol. The largest absolute Gasteiger partial charge is 0.467 e. The van der Waals surface area contributed by atoms with Crippen LogP contribution >= 0.6 is 11.6 Å². The Morgan fingerprint density at radius 1 is 1.38 bits per heavy atom. The van der Waals surface area contributed by atoms with Gasteiger partial charge < -0.3 is 14.8 Å². The number of amides is 1. The fraction of sp³-hybridized carbons (Fsp3) is 0.500. The van der Waals surface area contributed by atoms with E-state index in [2.05, 4.69) is 15.0 Å². The van der Waals surface area contributed by atoms with Crippen molar-refractivity contribution in [2.24, 2.45) is 0 Å². The fourth-order valence-corrected chi connectivity index (χ4v) is 1.63. The summed E-state index contributed by atoms with van der Waals surface area (Å²) in [6.07, 6.45) is 0.966. The molecule has 0 radical (unpaired) electrons. The number of pyridine rings is 1. The van der Waals surface area contributed by atoms with Gasteiger partial charge in [-0.05, 0) is 32.9 Å². The third-order valence-corrected chi connectivity index (χ3v) is 2.60. The number of alkyl carbamates (subject to hydrolysis) is 1. The second kappa shape index (κ2) is 7.26. The van der Waals surface area contributed by atoms with Crippen LogP contribution in [-0.4, -0.2) is 35.8 Å². The molecule has 0 aliphatic carbocycles. The van der Waals surface area contributed by atoms with Crippen LogP contribution in [0.2, 0.25) is 5.02 Å². The van der Waals surface area contributed by atoms with E-state index < -0.39 is 23.7 Å². The van der Waals surface area contributed by atoms with Crippen LogP contribution in [0.3, 0.4) is 0 Å². The maximum absolute atomic E-state index is 11.8. The Morgan fingerprint density at radius 3 is 2.52 bits per heavy atom. The number of aromatic nitrogens is 1. The molecule has 0 aliphatic heterocycles. The summed E-state index contributed by atoms with van der Waals surface area (Å²) in [4.78, 5) is 27.6. The number of nitrogens with one attached hydrogen (secondary N) is 1. The first-order valence-electron chi connectivity index (χ1n) is 6.39.